The number of carbonyl (C=O) groups is 1. The lowest BCUT2D eigenvalue weighted by Crippen LogP contribution is -2.38. The van der Waals surface area contributed by atoms with E-state index in [9.17, 15) is 13.2 Å². The molecule has 1 aromatic rings. The molecular formula is C19H25ClN2O3S2. The molecule has 1 N–H and O–H groups in total. The number of halogens is 1. The summed E-state index contributed by atoms with van der Waals surface area (Å²) in [5, 5.41) is 3.13. The Balaban J connectivity index is 1.68. The molecule has 8 heteroatoms. The quantitative estimate of drug-likeness (QED) is 0.701. The number of amides is 1. The van der Waals surface area contributed by atoms with E-state index in [1.165, 1.54) is 40.9 Å². The third-order valence-corrected chi connectivity index (χ3v) is 8.07. The van der Waals surface area contributed by atoms with Crippen molar-refractivity contribution in [3.8, 4) is 0 Å². The van der Waals surface area contributed by atoms with E-state index in [0.717, 1.165) is 30.8 Å². The minimum Gasteiger partial charge on any atom is -0.352 e. The zero-order valence-corrected chi connectivity index (χ0v) is 17.6. The highest BCUT2D eigenvalue weighted by atomic mass is 35.5. The number of allylic oxidation sites excluding steroid dienone is 1. The van der Waals surface area contributed by atoms with E-state index in [2.05, 4.69) is 11.4 Å². The van der Waals surface area contributed by atoms with Gasteiger partial charge in [0.05, 0.1) is 15.5 Å². The molecule has 0 aromatic heterocycles. The molecule has 1 fully saturated rings. The van der Waals surface area contributed by atoms with Gasteiger partial charge in [0.25, 0.3) is 5.91 Å². The van der Waals surface area contributed by atoms with Crippen LogP contribution in [-0.4, -0.2) is 49.8 Å². The number of rotatable bonds is 6. The average Bonchev–Trinajstić information content (AvgIpc) is 2.69. The topological polar surface area (TPSA) is 66.5 Å². The maximum absolute atomic E-state index is 12.8. The first-order valence-corrected chi connectivity index (χ1v) is 12.3. The Morgan fingerprint density at radius 1 is 1.22 bits per heavy atom. The van der Waals surface area contributed by atoms with Crippen LogP contribution in [0.1, 0.15) is 42.5 Å². The number of hydrogen-bond acceptors (Lipinski definition) is 4. The van der Waals surface area contributed by atoms with Gasteiger partial charge in [0.15, 0.2) is 0 Å². The van der Waals surface area contributed by atoms with Crippen LogP contribution in [-0.2, 0) is 10.0 Å². The molecule has 2 aliphatic rings. The Labute approximate surface area is 170 Å². The van der Waals surface area contributed by atoms with Crippen LogP contribution in [0.15, 0.2) is 34.7 Å². The predicted molar refractivity (Wildman–Crippen MR) is 111 cm³/mol. The smallest absolute Gasteiger partial charge is 0.252 e. The van der Waals surface area contributed by atoms with Crippen LogP contribution in [0.25, 0.3) is 0 Å². The van der Waals surface area contributed by atoms with Crippen molar-refractivity contribution >= 4 is 39.3 Å². The Morgan fingerprint density at radius 2 is 2.00 bits per heavy atom. The standard InChI is InChI=1S/C19H25ClN2O3S2/c20-18-7-6-16(27(24,25)22-10-12-26-13-11-22)14-17(18)19(23)21-9-8-15-4-2-1-3-5-15/h4,6-7,14H,1-3,5,8-13H2,(H,21,23). The molecule has 27 heavy (non-hydrogen) atoms. The van der Waals surface area contributed by atoms with Crippen molar-refractivity contribution in [1.82, 2.24) is 9.62 Å². The minimum absolute atomic E-state index is 0.124. The summed E-state index contributed by atoms with van der Waals surface area (Å²) in [4.78, 5) is 12.7. The van der Waals surface area contributed by atoms with Crippen molar-refractivity contribution < 1.29 is 13.2 Å². The monoisotopic (exact) mass is 428 g/mol. The summed E-state index contributed by atoms with van der Waals surface area (Å²) in [5.41, 5.74) is 1.59. The second-order valence-electron chi connectivity index (χ2n) is 6.77. The van der Waals surface area contributed by atoms with E-state index in [4.69, 9.17) is 11.6 Å². The van der Waals surface area contributed by atoms with E-state index in [1.807, 2.05) is 0 Å². The summed E-state index contributed by atoms with van der Waals surface area (Å²) < 4.78 is 27.1. The highest BCUT2D eigenvalue weighted by molar-refractivity contribution is 7.99. The van der Waals surface area contributed by atoms with Crippen LogP contribution in [0, 0.1) is 0 Å². The number of thioether (sulfide) groups is 1. The molecule has 1 aromatic carbocycles. The zero-order valence-electron chi connectivity index (χ0n) is 15.2. The van der Waals surface area contributed by atoms with Crippen LogP contribution >= 0.6 is 23.4 Å². The van der Waals surface area contributed by atoms with E-state index in [-0.39, 0.29) is 21.4 Å². The number of nitrogens with zero attached hydrogens (tertiary/aromatic N) is 1. The summed E-state index contributed by atoms with van der Waals surface area (Å²) in [6.07, 6.45) is 7.74. The molecule has 1 aliphatic carbocycles. The van der Waals surface area contributed by atoms with Gasteiger partial charge >= 0.3 is 0 Å². The van der Waals surface area contributed by atoms with Gasteiger partial charge in [-0.25, -0.2) is 8.42 Å². The fourth-order valence-corrected chi connectivity index (χ4v) is 6.14. The third-order valence-electron chi connectivity index (χ3n) is 4.91. The van der Waals surface area contributed by atoms with Crippen molar-refractivity contribution in [1.29, 1.82) is 0 Å². The largest absolute Gasteiger partial charge is 0.352 e. The van der Waals surface area contributed by atoms with Gasteiger partial charge < -0.3 is 5.32 Å². The third kappa shape index (κ3) is 5.28. The molecular weight excluding hydrogens is 404 g/mol. The maximum atomic E-state index is 12.8. The molecule has 0 unspecified atom stereocenters. The van der Waals surface area contributed by atoms with Crippen molar-refractivity contribution in [3.63, 3.8) is 0 Å². The maximum Gasteiger partial charge on any atom is 0.252 e. The predicted octanol–water partition coefficient (Wildman–Crippen LogP) is 3.70. The molecule has 0 radical (unpaired) electrons. The number of hydrogen-bond donors (Lipinski definition) is 1. The normalized spacial score (nSPS) is 18.8. The van der Waals surface area contributed by atoms with Crippen molar-refractivity contribution in [2.24, 2.45) is 0 Å². The molecule has 0 atom stereocenters. The highest BCUT2D eigenvalue weighted by Crippen LogP contribution is 2.25. The van der Waals surface area contributed by atoms with Crippen LogP contribution in [0.4, 0.5) is 0 Å². The van der Waals surface area contributed by atoms with Crippen molar-refractivity contribution in [3.05, 3.63) is 40.4 Å². The molecule has 1 saturated heterocycles. The molecule has 1 amide bonds. The van der Waals surface area contributed by atoms with Gasteiger partial charge in [-0.05, 0) is 50.3 Å². The van der Waals surface area contributed by atoms with E-state index >= 15 is 0 Å². The van der Waals surface area contributed by atoms with Gasteiger partial charge in [-0.2, -0.15) is 16.1 Å². The summed E-state index contributed by atoms with van der Waals surface area (Å²) >= 11 is 7.92. The molecule has 5 nitrogen and oxygen atoms in total. The van der Waals surface area contributed by atoms with Crippen LogP contribution in [0.5, 0.6) is 0 Å². The van der Waals surface area contributed by atoms with Gasteiger partial charge in [0, 0.05) is 31.1 Å². The van der Waals surface area contributed by atoms with Gasteiger partial charge in [-0.3, -0.25) is 4.79 Å². The van der Waals surface area contributed by atoms with E-state index in [1.54, 1.807) is 11.8 Å². The lowest BCUT2D eigenvalue weighted by Gasteiger charge is -2.25. The molecule has 1 heterocycles. The van der Waals surface area contributed by atoms with Gasteiger partial charge in [-0.1, -0.05) is 23.3 Å². The first-order chi connectivity index (χ1) is 13.0. The second kappa shape index (κ2) is 9.45. The van der Waals surface area contributed by atoms with Gasteiger partial charge in [0.2, 0.25) is 10.0 Å². The second-order valence-corrected chi connectivity index (χ2v) is 10.3. The fourth-order valence-electron chi connectivity index (χ4n) is 3.34. The Morgan fingerprint density at radius 3 is 2.70 bits per heavy atom. The van der Waals surface area contributed by atoms with Gasteiger partial charge in [0.1, 0.15) is 0 Å². The van der Waals surface area contributed by atoms with Gasteiger partial charge in [-0.15, -0.1) is 0 Å². The number of carbonyl (C=O) groups excluding carboxylic acids is 1. The number of sulfonamides is 1. The summed E-state index contributed by atoms with van der Waals surface area (Å²) in [5.74, 6) is 1.24. The fraction of sp³-hybridized carbons (Fsp3) is 0.526. The highest BCUT2D eigenvalue weighted by Gasteiger charge is 2.27. The van der Waals surface area contributed by atoms with Crippen LogP contribution in [0.3, 0.4) is 0 Å². The lowest BCUT2D eigenvalue weighted by atomic mass is 9.97. The molecule has 0 bridgehead atoms. The zero-order chi connectivity index (χ0) is 19.3. The minimum atomic E-state index is -3.60. The van der Waals surface area contributed by atoms with Crippen molar-refractivity contribution in [2.75, 3.05) is 31.1 Å². The average molecular weight is 429 g/mol. The number of nitrogens with one attached hydrogen (secondary N) is 1. The van der Waals surface area contributed by atoms with E-state index < -0.39 is 10.0 Å². The molecule has 3 rings (SSSR count). The molecule has 0 spiro atoms. The summed E-state index contributed by atoms with van der Waals surface area (Å²) in [6.45, 7) is 1.51. The summed E-state index contributed by atoms with van der Waals surface area (Å²) in [7, 11) is -3.60. The Bertz CT molecular complexity index is 818. The SMILES string of the molecule is O=C(NCCC1=CCCCC1)c1cc(S(=O)(=O)N2CCSCC2)ccc1Cl. The Hall–Kier alpha value is -1.02. The molecule has 148 valence electrons. The lowest BCUT2D eigenvalue weighted by molar-refractivity contribution is 0.0954. The molecule has 0 saturated carbocycles. The van der Waals surface area contributed by atoms with Crippen molar-refractivity contribution in [2.45, 2.75) is 37.0 Å². The first kappa shape index (κ1) is 20.7. The first-order valence-electron chi connectivity index (χ1n) is 9.32. The Kier molecular flexibility index (Phi) is 7.25. The summed E-state index contributed by atoms with van der Waals surface area (Å²) in [6, 6.07) is 4.36. The van der Waals surface area contributed by atoms with Crippen LogP contribution < -0.4 is 5.32 Å². The number of benzene rings is 1. The van der Waals surface area contributed by atoms with E-state index in [0.29, 0.717) is 19.6 Å². The molecule has 1 aliphatic heterocycles. The van der Waals surface area contributed by atoms with Crippen LogP contribution in [0.2, 0.25) is 5.02 Å².